The highest BCUT2D eigenvalue weighted by Gasteiger charge is 2.32. The summed E-state index contributed by atoms with van der Waals surface area (Å²) in [5.41, 5.74) is 2.22. The van der Waals surface area contributed by atoms with Gasteiger partial charge in [0.05, 0.1) is 16.6 Å². The lowest BCUT2D eigenvalue weighted by molar-refractivity contribution is -0.137. The van der Waals surface area contributed by atoms with Crippen LogP contribution in [0.4, 0.5) is 19.1 Å². The first-order valence-electron chi connectivity index (χ1n) is 12.1. The maximum atomic E-state index is 13.1. The number of alkyl halides is 3. The molecular weight excluding hydrogens is 477 g/mol. The van der Waals surface area contributed by atoms with Crippen molar-refractivity contribution >= 4 is 34.5 Å². The summed E-state index contributed by atoms with van der Waals surface area (Å²) in [6.45, 7) is 3.17. The number of aromatic nitrogens is 2. The Morgan fingerprint density at radius 2 is 1.71 bits per heavy atom. The first kappa shape index (κ1) is 24.0. The van der Waals surface area contributed by atoms with Crippen LogP contribution in [0.2, 0.25) is 5.02 Å². The molecular formula is C26H28ClF3N4O. The van der Waals surface area contributed by atoms with Gasteiger partial charge in [0.2, 0.25) is 11.9 Å². The smallest absolute Gasteiger partial charge is 0.353 e. The van der Waals surface area contributed by atoms with Crippen LogP contribution in [0.3, 0.4) is 0 Å². The van der Waals surface area contributed by atoms with E-state index in [9.17, 15) is 18.0 Å². The Balaban J connectivity index is 1.43. The molecule has 1 amide bonds. The number of hydrogen-bond acceptors (Lipinski definition) is 3. The van der Waals surface area contributed by atoms with Gasteiger partial charge in [-0.2, -0.15) is 13.2 Å². The number of piperidine rings is 1. The quantitative estimate of drug-likeness (QED) is 0.455. The molecule has 1 aliphatic heterocycles. The van der Waals surface area contributed by atoms with Gasteiger partial charge in [-0.25, -0.2) is 4.98 Å². The van der Waals surface area contributed by atoms with Crippen molar-refractivity contribution in [3.05, 3.63) is 52.5 Å². The van der Waals surface area contributed by atoms with Gasteiger partial charge in [0.1, 0.15) is 0 Å². The van der Waals surface area contributed by atoms with Crippen LogP contribution in [0.15, 0.2) is 36.4 Å². The largest absolute Gasteiger partial charge is 0.416 e. The summed E-state index contributed by atoms with van der Waals surface area (Å²) in [6, 6.07) is 9.13. The van der Waals surface area contributed by atoms with Gasteiger partial charge in [0, 0.05) is 35.8 Å². The van der Waals surface area contributed by atoms with Crippen LogP contribution in [0, 0.1) is 12.8 Å². The van der Waals surface area contributed by atoms with Crippen molar-refractivity contribution in [2.75, 3.05) is 18.0 Å². The van der Waals surface area contributed by atoms with Gasteiger partial charge >= 0.3 is 6.18 Å². The molecule has 1 N–H and O–H groups in total. The van der Waals surface area contributed by atoms with Gasteiger partial charge in [0.15, 0.2) is 0 Å². The molecule has 2 aromatic carbocycles. The van der Waals surface area contributed by atoms with E-state index >= 15 is 0 Å². The van der Waals surface area contributed by atoms with E-state index in [0.29, 0.717) is 54.1 Å². The number of anilines is 1. The summed E-state index contributed by atoms with van der Waals surface area (Å²) in [6.07, 6.45) is 1.47. The van der Waals surface area contributed by atoms with E-state index in [1.165, 1.54) is 25.0 Å². The lowest BCUT2D eigenvalue weighted by atomic mass is 9.95. The van der Waals surface area contributed by atoms with Crippen molar-refractivity contribution in [1.29, 1.82) is 0 Å². The third kappa shape index (κ3) is 4.85. The zero-order chi connectivity index (χ0) is 24.7. The molecule has 2 aliphatic rings. The molecule has 2 heterocycles. The van der Waals surface area contributed by atoms with Gasteiger partial charge in [-0.05, 0) is 74.6 Å². The molecule has 186 valence electrons. The summed E-state index contributed by atoms with van der Waals surface area (Å²) in [7, 11) is 0. The molecule has 9 heteroatoms. The fraction of sp³-hybridized carbons (Fsp3) is 0.462. The average Bonchev–Trinajstić information content (AvgIpc) is 3.47. The third-order valence-corrected chi connectivity index (χ3v) is 7.63. The Morgan fingerprint density at radius 3 is 2.34 bits per heavy atom. The van der Waals surface area contributed by atoms with Crippen LogP contribution in [0.1, 0.15) is 49.7 Å². The molecule has 0 unspecified atom stereocenters. The average molecular weight is 505 g/mol. The Morgan fingerprint density at radius 1 is 1.06 bits per heavy atom. The fourth-order valence-corrected chi connectivity index (χ4v) is 5.34. The number of fused-ring (bicyclic) bond motifs is 1. The zero-order valence-corrected chi connectivity index (χ0v) is 20.3. The van der Waals surface area contributed by atoms with Crippen LogP contribution in [0.25, 0.3) is 16.7 Å². The predicted octanol–water partition coefficient (Wildman–Crippen LogP) is 6.28. The summed E-state index contributed by atoms with van der Waals surface area (Å²) in [5.74, 6) is 0.749. The summed E-state index contributed by atoms with van der Waals surface area (Å²) < 4.78 is 41.3. The maximum Gasteiger partial charge on any atom is 0.416 e. The second kappa shape index (κ2) is 9.37. The molecule has 5 nitrogen and oxygen atoms in total. The highest BCUT2D eigenvalue weighted by atomic mass is 35.5. The van der Waals surface area contributed by atoms with Gasteiger partial charge in [-0.1, -0.05) is 24.4 Å². The van der Waals surface area contributed by atoms with E-state index < -0.39 is 11.7 Å². The predicted molar refractivity (Wildman–Crippen MR) is 131 cm³/mol. The number of rotatable bonds is 4. The van der Waals surface area contributed by atoms with Gasteiger partial charge in [-0.3, -0.25) is 9.36 Å². The van der Waals surface area contributed by atoms with Crippen molar-refractivity contribution < 1.29 is 18.0 Å². The number of nitrogens with zero attached hydrogens (tertiary/aromatic N) is 3. The molecule has 35 heavy (non-hydrogen) atoms. The van der Waals surface area contributed by atoms with Crippen LogP contribution < -0.4 is 10.2 Å². The first-order chi connectivity index (χ1) is 16.7. The second-order valence-corrected chi connectivity index (χ2v) is 10.0. The summed E-state index contributed by atoms with van der Waals surface area (Å²) in [5, 5.41) is 3.79. The molecule has 1 aromatic heterocycles. The van der Waals surface area contributed by atoms with E-state index in [1.54, 1.807) is 6.07 Å². The molecule has 1 saturated heterocycles. The number of imidazole rings is 1. The van der Waals surface area contributed by atoms with Crippen molar-refractivity contribution in [2.45, 2.75) is 57.7 Å². The van der Waals surface area contributed by atoms with Crippen molar-refractivity contribution in [3.8, 4) is 5.69 Å². The number of carbonyl (C=O) groups is 1. The Bertz CT molecular complexity index is 1220. The Labute approximate surface area is 207 Å². The van der Waals surface area contributed by atoms with E-state index in [4.69, 9.17) is 16.6 Å². The minimum absolute atomic E-state index is 0.0348. The highest BCUT2D eigenvalue weighted by molar-refractivity contribution is 6.32. The van der Waals surface area contributed by atoms with Crippen LogP contribution in [-0.2, 0) is 11.0 Å². The number of benzene rings is 2. The number of amides is 1. The van der Waals surface area contributed by atoms with E-state index in [0.717, 1.165) is 36.1 Å². The topological polar surface area (TPSA) is 50.2 Å². The minimum Gasteiger partial charge on any atom is -0.353 e. The van der Waals surface area contributed by atoms with Crippen molar-refractivity contribution in [2.24, 2.45) is 5.92 Å². The molecule has 0 spiro atoms. The van der Waals surface area contributed by atoms with Gasteiger partial charge in [-0.15, -0.1) is 0 Å². The Kier molecular flexibility index (Phi) is 6.42. The molecule has 0 radical (unpaired) electrons. The molecule has 1 aliphatic carbocycles. The molecule has 0 bridgehead atoms. The number of hydrogen-bond donors (Lipinski definition) is 1. The van der Waals surface area contributed by atoms with E-state index in [1.807, 2.05) is 17.6 Å². The molecule has 5 rings (SSSR count). The van der Waals surface area contributed by atoms with E-state index in [-0.39, 0.29) is 11.8 Å². The maximum absolute atomic E-state index is 13.1. The fourth-order valence-electron chi connectivity index (χ4n) is 5.19. The van der Waals surface area contributed by atoms with Crippen molar-refractivity contribution in [1.82, 2.24) is 14.9 Å². The molecule has 0 atom stereocenters. The monoisotopic (exact) mass is 504 g/mol. The minimum atomic E-state index is -4.40. The standard InChI is InChI=1S/C26H28ClF3N4O/c1-16-14-23-22(15-21(16)27)32-25(34(23)20-8-6-18(7-9-20)26(28,29)30)33-12-10-17(11-13-33)24(35)31-19-4-2-3-5-19/h6-9,14-15,17,19H,2-5,10-13H2,1H3,(H,31,35). The lowest BCUT2D eigenvalue weighted by Crippen LogP contribution is -2.43. The van der Waals surface area contributed by atoms with E-state index in [2.05, 4.69) is 10.2 Å². The van der Waals surface area contributed by atoms with Crippen LogP contribution in [0.5, 0.6) is 0 Å². The van der Waals surface area contributed by atoms with Crippen LogP contribution in [-0.4, -0.2) is 34.6 Å². The van der Waals surface area contributed by atoms with Gasteiger partial charge < -0.3 is 10.2 Å². The molecule has 1 saturated carbocycles. The lowest BCUT2D eigenvalue weighted by Gasteiger charge is -2.33. The Hall–Kier alpha value is -2.74. The summed E-state index contributed by atoms with van der Waals surface area (Å²) >= 11 is 6.34. The van der Waals surface area contributed by atoms with Crippen LogP contribution >= 0.6 is 11.6 Å². The normalized spacial score (nSPS) is 17.9. The SMILES string of the molecule is Cc1cc2c(cc1Cl)nc(N1CCC(C(=O)NC3CCCC3)CC1)n2-c1ccc(C(F)(F)F)cc1. The summed E-state index contributed by atoms with van der Waals surface area (Å²) in [4.78, 5) is 19.7. The number of carbonyl (C=O) groups excluding carboxylic acids is 1. The number of aryl methyl sites for hydroxylation is 1. The zero-order valence-electron chi connectivity index (χ0n) is 19.5. The third-order valence-electron chi connectivity index (χ3n) is 7.22. The van der Waals surface area contributed by atoms with Gasteiger partial charge in [0.25, 0.3) is 0 Å². The van der Waals surface area contributed by atoms with Crippen molar-refractivity contribution in [3.63, 3.8) is 0 Å². The molecule has 3 aromatic rings. The first-order valence-corrected chi connectivity index (χ1v) is 12.5. The highest BCUT2D eigenvalue weighted by Crippen LogP contribution is 2.35. The molecule has 2 fully saturated rings. The number of halogens is 4. The second-order valence-electron chi connectivity index (χ2n) is 9.63. The number of nitrogens with one attached hydrogen (secondary N) is 1.